The average molecular weight is 370 g/mol. The smallest absolute Gasteiger partial charge is 0.291 e. The maximum atomic E-state index is 13.1. The van der Waals surface area contributed by atoms with Gasteiger partial charge in [0.2, 0.25) is 5.89 Å². The lowest BCUT2D eigenvalue weighted by atomic mass is 10.2. The maximum Gasteiger partial charge on any atom is 0.291 e. The molecule has 1 N–H and O–H groups in total. The fourth-order valence-electron chi connectivity index (χ4n) is 3.17. The number of nitrogens with one attached hydrogen (secondary N) is 1. The summed E-state index contributed by atoms with van der Waals surface area (Å²) in [7, 11) is 0. The first-order chi connectivity index (χ1) is 12.7. The molecule has 1 unspecified atom stereocenters. The second kappa shape index (κ2) is 7.51. The number of nitrogens with zero attached hydrogens (tertiary/aromatic N) is 2. The van der Waals surface area contributed by atoms with Gasteiger partial charge in [0.05, 0.1) is 12.5 Å². The molecular formula is C20H21FN3OS+. The van der Waals surface area contributed by atoms with Gasteiger partial charge in [0.15, 0.2) is 6.67 Å². The van der Waals surface area contributed by atoms with Crippen molar-refractivity contribution in [1.29, 1.82) is 0 Å². The molecule has 0 bridgehead atoms. The zero-order valence-corrected chi connectivity index (χ0v) is 15.2. The van der Waals surface area contributed by atoms with Gasteiger partial charge < -0.3 is 9.32 Å². The number of benzene rings is 2. The zero-order valence-electron chi connectivity index (χ0n) is 14.4. The number of aromatic nitrogens is 2. The number of hydrogen-bond acceptors (Lipinski definition) is 3. The third-order valence-electron chi connectivity index (χ3n) is 4.70. The zero-order chi connectivity index (χ0) is 17.9. The van der Waals surface area contributed by atoms with E-state index in [0.717, 1.165) is 17.7 Å². The summed E-state index contributed by atoms with van der Waals surface area (Å²) < 4.78 is 20.6. The Balaban J connectivity index is 1.47. The van der Waals surface area contributed by atoms with Crippen molar-refractivity contribution in [2.75, 3.05) is 0 Å². The van der Waals surface area contributed by atoms with Crippen LogP contribution in [0.2, 0.25) is 0 Å². The lowest BCUT2D eigenvalue weighted by molar-refractivity contribution is -0.947. The van der Waals surface area contributed by atoms with Crippen LogP contribution >= 0.6 is 12.2 Å². The third-order valence-corrected chi connectivity index (χ3v) is 4.99. The lowest BCUT2D eigenvalue weighted by Gasteiger charge is -2.18. The lowest BCUT2D eigenvalue weighted by Crippen LogP contribution is -3.11. The molecule has 1 aromatic heterocycles. The number of halogens is 1. The molecule has 0 spiro atoms. The van der Waals surface area contributed by atoms with Crippen molar-refractivity contribution in [2.45, 2.75) is 38.5 Å². The van der Waals surface area contributed by atoms with E-state index in [9.17, 15) is 4.39 Å². The van der Waals surface area contributed by atoms with Crippen molar-refractivity contribution in [3.8, 4) is 0 Å². The van der Waals surface area contributed by atoms with Crippen molar-refractivity contribution < 1.29 is 13.7 Å². The van der Waals surface area contributed by atoms with Crippen LogP contribution in [0.15, 0.2) is 59.0 Å². The maximum absolute atomic E-state index is 13.1. The van der Waals surface area contributed by atoms with E-state index in [1.54, 1.807) is 4.68 Å². The summed E-state index contributed by atoms with van der Waals surface area (Å²) in [5.74, 6) is 0.434. The van der Waals surface area contributed by atoms with Crippen molar-refractivity contribution >= 4 is 12.2 Å². The van der Waals surface area contributed by atoms with Gasteiger partial charge in [-0.05, 0) is 29.9 Å². The van der Waals surface area contributed by atoms with Crippen molar-refractivity contribution in [3.63, 3.8) is 0 Å². The van der Waals surface area contributed by atoms with Gasteiger partial charge >= 0.3 is 0 Å². The van der Waals surface area contributed by atoms with Crippen LogP contribution < -0.4 is 4.90 Å². The van der Waals surface area contributed by atoms with Gasteiger partial charge in [0, 0.05) is 18.4 Å². The second-order valence-electron chi connectivity index (χ2n) is 6.82. The molecule has 1 aliphatic rings. The van der Waals surface area contributed by atoms with E-state index in [-0.39, 0.29) is 5.82 Å². The Morgan fingerprint density at radius 2 is 1.81 bits per heavy atom. The molecule has 1 aliphatic carbocycles. The van der Waals surface area contributed by atoms with Gasteiger partial charge in [-0.25, -0.2) is 4.39 Å². The van der Waals surface area contributed by atoms with Crippen LogP contribution in [0.1, 0.15) is 29.9 Å². The molecule has 3 aromatic rings. The molecule has 2 aromatic carbocycles. The summed E-state index contributed by atoms with van der Waals surface area (Å²) in [6.45, 7) is 1.49. The average Bonchev–Trinajstić information content (AvgIpc) is 3.43. The van der Waals surface area contributed by atoms with Crippen LogP contribution in [0, 0.1) is 10.7 Å². The molecule has 1 heterocycles. The van der Waals surface area contributed by atoms with E-state index < -0.39 is 0 Å². The van der Waals surface area contributed by atoms with Gasteiger partial charge in [-0.2, -0.15) is 4.68 Å². The predicted octanol–water partition coefficient (Wildman–Crippen LogP) is 3.14. The highest BCUT2D eigenvalue weighted by molar-refractivity contribution is 7.71. The summed E-state index contributed by atoms with van der Waals surface area (Å²) in [6, 6.07) is 17.4. The van der Waals surface area contributed by atoms with Crippen LogP contribution in [-0.4, -0.2) is 15.8 Å². The van der Waals surface area contributed by atoms with Crippen LogP contribution in [0.3, 0.4) is 0 Å². The van der Waals surface area contributed by atoms with Gasteiger partial charge in [-0.1, -0.05) is 42.5 Å². The Hall–Kier alpha value is -2.31. The fourth-order valence-corrected chi connectivity index (χ4v) is 3.37. The van der Waals surface area contributed by atoms with E-state index in [2.05, 4.69) is 5.10 Å². The third kappa shape index (κ3) is 4.26. The van der Waals surface area contributed by atoms with Crippen LogP contribution in [0.5, 0.6) is 0 Å². The number of rotatable bonds is 7. The predicted molar refractivity (Wildman–Crippen MR) is 98.7 cm³/mol. The number of hydrogen-bond donors (Lipinski definition) is 1. The minimum absolute atomic E-state index is 0.203. The molecule has 1 saturated carbocycles. The Morgan fingerprint density at radius 3 is 2.50 bits per heavy atom. The quantitative estimate of drug-likeness (QED) is 0.649. The Labute approximate surface area is 156 Å². The summed E-state index contributed by atoms with van der Waals surface area (Å²) in [5.41, 5.74) is 2.27. The minimum Gasteiger partial charge on any atom is -0.413 e. The molecule has 4 nitrogen and oxygen atoms in total. The highest BCUT2D eigenvalue weighted by Crippen LogP contribution is 2.16. The molecule has 134 valence electrons. The van der Waals surface area contributed by atoms with E-state index in [4.69, 9.17) is 16.6 Å². The highest BCUT2D eigenvalue weighted by atomic mass is 32.1. The summed E-state index contributed by atoms with van der Waals surface area (Å²) in [5, 5.41) is 4.58. The van der Waals surface area contributed by atoms with E-state index in [1.165, 1.54) is 29.9 Å². The fraction of sp³-hybridized carbons (Fsp3) is 0.300. The van der Waals surface area contributed by atoms with Crippen molar-refractivity contribution in [1.82, 2.24) is 9.78 Å². The van der Waals surface area contributed by atoms with E-state index >= 15 is 0 Å². The molecule has 26 heavy (non-hydrogen) atoms. The monoisotopic (exact) mass is 370 g/mol. The largest absolute Gasteiger partial charge is 0.413 e. The molecule has 6 heteroatoms. The molecule has 0 saturated heterocycles. The van der Waals surface area contributed by atoms with Crippen LogP contribution in [-0.2, 0) is 19.6 Å². The molecule has 0 radical (unpaired) electrons. The Kier molecular flexibility index (Phi) is 4.95. The first kappa shape index (κ1) is 17.1. The van der Waals surface area contributed by atoms with Gasteiger partial charge in [0.25, 0.3) is 4.84 Å². The molecular weight excluding hydrogens is 349 g/mol. The Bertz CT molecular complexity index is 916. The SMILES string of the molecule is Fc1ccc(C[NH+](Cn2nc(Cc3ccccc3)oc2=S)C2CC2)cc1. The highest BCUT2D eigenvalue weighted by Gasteiger charge is 2.34. The van der Waals surface area contributed by atoms with Crippen LogP contribution in [0.4, 0.5) is 4.39 Å². The number of quaternary nitrogens is 1. The van der Waals surface area contributed by atoms with E-state index in [1.807, 2.05) is 42.5 Å². The standard InChI is InChI=1S/C20H20FN3OS/c21-17-8-6-16(7-9-17)13-23(18-10-11-18)14-24-20(26)25-19(22-24)12-15-4-2-1-3-5-15/h1-9,18H,10-14H2/p+1. The molecule has 1 fully saturated rings. The molecule has 0 amide bonds. The first-order valence-corrected chi connectivity index (χ1v) is 9.28. The van der Waals surface area contributed by atoms with Gasteiger partial charge in [0.1, 0.15) is 12.4 Å². The van der Waals surface area contributed by atoms with Crippen LogP contribution in [0.25, 0.3) is 0 Å². The molecule has 1 atom stereocenters. The Morgan fingerprint density at radius 1 is 1.08 bits per heavy atom. The van der Waals surface area contributed by atoms with Gasteiger partial charge in [-0.15, -0.1) is 5.10 Å². The second-order valence-corrected chi connectivity index (χ2v) is 7.17. The molecule has 0 aliphatic heterocycles. The normalized spacial score (nSPS) is 15.1. The van der Waals surface area contributed by atoms with Gasteiger partial charge in [-0.3, -0.25) is 0 Å². The summed E-state index contributed by atoms with van der Waals surface area (Å²) >= 11 is 5.37. The summed E-state index contributed by atoms with van der Waals surface area (Å²) in [4.78, 5) is 1.79. The topological polar surface area (TPSA) is 35.4 Å². The van der Waals surface area contributed by atoms with Crippen molar-refractivity contribution in [2.24, 2.45) is 0 Å². The minimum atomic E-state index is -0.203. The van der Waals surface area contributed by atoms with E-state index in [0.29, 0.717) is 29.9 Å². The van der Waals surface area contributed by atoms with Crippen molar-refractivity contribution in [3.05, 3.63) is 82.3 Å². The first-order valence-electron chi connectivity index (χ1n) is 8.87. The summed E-state index contributed by atoms with van der Waals surface area (Å²) in [6.07, 6.45) is 3.05. The molecule has 4 rings (SSSR count).